The monoisotopic (exact) mass is 700 g/mol. The molecule has 1 aliphatic rings. The van der Waals surface area contributed by atoms with Crippen molar-refractivity contribution in [3.63, 3.8) is 0 Å². The maximum Gasteiger partial charge on any atom is 0.371 e. The van der Waals surface area contributed by atoms with E-state index in [1.54, 1.807) is 19.1 Å². The predicted molar refractivity (Wildman–Crippen MR) is 181 cm³/mol. The number of phenolic OH excluding ortho intramolecular Hbond substituents is 1. The second kappa shape index (κ2) is 17.8. The van der Waals surface area contributed by atoms with Crippen molar-refractivity contribution in [1.82, 2.24) is 9.78 Å². The number of fused-ring (bicyclic) bond motifs is 1. The average Bonchev–Trinajstić information content (AvgIpc) is 3.75. The van der Waals surface area contributed by atoms with Gasteiger partial charge in [-0.3, -0.25) is 9.89 Å². The van der Waals surface area contributed by atoms with Gasteiger partial charge in [0.15, 0.2) is 11.4 Å². The third-order valence-electron chi connectivity index (χ3n) is 7.87. The fourth-order valence-electron chi connectivity index (χ4n) is 4.51. The number of phenols is 1. The zero-order valence-corrected chi connectivity index (χ0v) is 27.5. The van der Waals surface area contributed by atoms with Gasteiger partial charge in [-0.2, -0.15) is 0 Å². The average molecular weight is 701 g/mol. The molecule has 0 unspecified atom stereocenters. The maximum absolute atomic E-state index is 13.1. The molecule has 0 spiro atoms. The highest BCUT2D eigenvalue weighted by atomic mass is 16.4. The number of hydrogen-bond acceptors (Lipinski definition) is 14. The Morgan fingerprint density at radius 1 is 0.860 bits per heavy atom. The van der Waals surface area contributed by atoms with Crippen molar-refractivity contribution in [3.8, 4) is 22.8 Å². The summed E-state index contributed by atoms with van der Waals surface area (Å²) in [4.78, 5) is 24.1. The zero-order chi connectivity index (χ0) is 37.1. The van der Waals surface area contributed by atoms with E-state index in [2.05, 4.69) is 21.4 Å². The molecule has 0 amide bonds. The molecule has 0 radical (unpaired) electrons. The Kier molecular flexibility index (Phi) is 14.1. The Bertz CT molecular complexity index is 1770. The number of nitrogens with one attached hydrogen (secondary N) is 1. The van der Waals surface area contributed by atoms with E-state index in [1.807, 2.05) is 12.1 Å². The summed E-state index contributed by atoms with van der Waals surface area (Å²) in [6.07, 6.45) is 4.40. The quantitative estimate of drug-likeness (QED) is 0.0964. The number of aryl methyl sites for hydroxylation is 3. The molecule has 0 saturated carbocycles. The lowest BCUT2D eigenvalue weighted by Crippen LogP contribution is -2.50. The van der Waals surface area contributed by atoms with Crippen molar-refractivity contribution >= 4 is 17.3 Å². The van der Waals surface area contributed by atoms with Gasteiger partial charge in [-0.1, -0.05) is 12.1 Å². The summed E-state index contributed by atoms with van der Waals surface area (Å²) >= 11 is 0. The number of aromatic nitrogens is 2. The number of para-hydroxylation sites is 1. The fourth-order valence-corrected chi connectivity index (χ4v) is 4.51. The summed E-state index contributed by atoms with van der Waals surface area (Å²) in [5.74, 6) is -1.51. The number of azo groups is 1. The first-order valence-corrected chi connectivity index (χ1v) is 15.5. The highest BCUT2D eigenvalue weighted by Gasteiger charge is 2.22. The van der Waals surface area contributed by atoms with Gasteiger partial charge in [0, 0.05) is 0 Å². The SMILES string of the molecule is Cc1[nH]n(-c2ccc3c(c2)CCCC3)c(=O)c1N=Nc1cccc(-c2ccc(C(=O)O)o2)c1O.NC(CO)(CO)CO.NC(CO)(CO)CO. The number of aromatic hydroxyl groups is 1. The van der Waals surface area contributed by atoms with Crippen molar-refractivity contribution in [2.24, 2.45) is 21.7 Å². The molecule has 2 aromatic heterocycles. The van der Waals surface area contributed by atoms with Gasteiger partial charge < -0.3 is 56.7 Å². The number of carbonyl (C=O) groups is 1. The number of aliphatic hydroxyl groups is 6. The second-order valence-corrected chi connectivity index (χ2v) is 11.9. The molecule has 17 heteroatoms. The van der Waals surface area contributed by atoms with E-state index in [1.165, 1.54) is 40.4 Å². The molecule has 2 aromatic carbocycles. The van der Waals surface area contributed by atoms with Crippen LogP contribution in [0.5, 0.6) is 5.75 Å². The summed E-state index contributed by atoms with van der Waals surface area (Å²) < 4.78 is 6.72. The third-order valence-corrected chi connectivity index (χ3v) is 7.87. The highest BCUT2D eigenvalue weighted by molar-refractivity contribution is 5.85. The Hall–Kier alpha value is -4.72. The van der Waals surface area contributed by atoms with Gasteiger partial charge in [0.1, 0.15) is 11.4 Å². The number of carboxylic acids is 1. The number of aromatic carboxylic acids is 1. The van der Waals surface area contributed by atoms with Crippen LogP contribution in [-0.2, 0) is 12.8 Å². The smallest absolute Gasteiger partial charge is 0.371 e. The first-order valence-electron chi connectivity index (χ1n) is 15.5. The van der Waals surface area contributed by atoms with Gasteiger partial charge in [-0.25, -0.2) is 9.48 Å². The molecule has 50 heavy (non-hydrogen) atoms. The molecule has 0 bridgehead atoms. The van der Waals surface area contributed by atoms with Crippen LogP contribution >= 0.6 is 0 Å². The molecule has 2 heterocycles. The number of aliphatic hydroxyl groups excluding tert-OH is 6. The van der Waals surface area contributed by atoms with Gasteiger partial charge in [-0.15, -0.1) is 10.2 Å². The molecular formula is C33H44N6O11. The van der Waals surface area contributed by atoms with E-state index in [0.717, 1.165) is 24.9 Å². The van der Waals surface area contributed by atoms with Gasteiger partial charge in [0.2, 0.25) is 5.76 Å². The number of hydrogen-bond donors (Lipinski definition) is 11. The summed E-state index contributed by atoms with van der Waals surface area (Å²) in [6, 6.07) is 13.5. The lowest BCUT2D eigenvalue weighted by atomic mass is 9.91. The van der Waals surface area contributed by atoms with Crippen LogP contribution < -0.4 is 17.0 Å². The van der Waals surface area contributed by atoms with Gasteiger partial charge in [0.25, 0.3) is 5.56 Å². The van der Waals surface area contributed by atoms with Crippen LogP contribution in [0.3, 0.4) is 0 Å². The van der Waals surface area contributed by atoms with Crippen LogP contribution in [0, 0.1) is 6.92 Å². The molecule has 0 aliphatic heterocycles. The number of furan rings is 1. The topological polar surface area (TPSA) is 307 Å². The number of nitrogens with two attached hydrogens (primary N) is 2. The summed E-state index contributed by atoms with van der Waals surface area (Å²) in [7, 11) is 0. The van der Waals surface area contributed by atoms with Crippen LogP contribution in [0.25, 0.3) is 17.0 Å². The molecule has 1 aliphatic carbocycles. The largest absolute Gasteiger partial charge is 0.505 e. The fraction of sp³-hybridized carbons (Fsp3) is 0.394. The molecule has 0 atom stereocenters. The van der Waals surface area contributed by atoms with Crippen molar-refractivity contribution in [2.45, 2.75) is 43.7 Å². The van der Waals surface area contributed by atoms with Gasteiger partial charge >= 0.3 is 5.97 Å². The Balaban J connectivity index is 0.000000352. The third kappa shape index (κ3) is 9.71. The minimum atomic E-state index is -1.21. The molecule has 0 saturated heterocycles. The van der Waals surface area contributed by atoms with Crippen molar-refractivity contribution < 1.29 is 50.1 Å². The number of aromatic amines is 1. The standard InChI is InChI=1S/C25H22N4O5.2C4H11NO3/c1-14-22(24(31)29(28-14)17-10-9-15-5-2-3-6-16(15)13-17)27-26-19-8-4-7-18(23(19)30)20-11-12-21(34-20)25(32)33;2*5-4(1-6,2-7)3-8/h4,7-13,28,30H,2-3,5-6H2,1H3,(H,32,33);2*6-8H,1-3,5H2. The molecule has 17 nitrogen and oxygen atoms in total. The molecule has 13 N–H and O–H groups in total. The maximum atomic E-state index is 13.1. The van der Waals surface area contributed by atoms with E-state index in [4.69, 9.17) is 51.6 Å². The first-order chi connectivity index (χ1) is 23.8. The van der Waals surface area contributed by atoms with Crippen molar-refractivity contribution in [2.75, 3.05) is 39.6 Å². The minimum absolute atomic E-state index is 0.117. The Morgan fingerprint density at radius 3 is 1.96 bits per heavy atom. The van der Waals surface area contributed by atoms with E-state index in [0.29, 0.717) is 5.69 Å². The summed E-state index contributed by atoms with van der Waals surface area (Å²) in [5, 5.41) is 81.0. The molecule has 272 valence electrons. The van der Waals surface area contributed by atoms with Crippen LogP contribution in [-0.4, -0.2) is 107 Å². The molecule has 0 fully saturated rings. The van der Waals surface area contributed by atoms with Gasteiger partial charge in [0.05, 0.1) is 67.7 Å². The summed E-state index contributed by atoms with van der Waals surface area (Å²) in [5.41, 5.74) is 11.9. The highest BCUT2D eigenvalue weighted by Crippen LogP contribution is 2.38. The number of nitrogens with zero attached hydrogens (tertiary/aromatic N) is 3. The molecule has 4 aromatic rings. The van der Waals surface area contributed by atoms with Crippen LogP contribution in [0.1, 0.15) is 40.2 Å². The molecular weight excluding hydrogens is 656 g/mol. The van der Waals surface area contributed by atoms with Crippen molar-refractivity contribution in [3.05, 3.63) is 81.5 Å². The number of H-pyrrole nitrogens is 1. The molecule has 5 rings (SSSR count). The van der Waals surface area contributed by atoms with Gasteiger partial charge in [-0.05, 0) is 80.1 Å². The van der Waals surface area contributed by atoms with Crippen LogP contribution in [0.4, 0.5) is 11.4 Å². The minimum Gasteiger partial charge on any atom is -0.505 e. The Morgan fingerprint density at radius 2 is 1.44 bits per heavy atom. The second-order valence-electron chi connectivity index (χ2n) is 11.9. The van der Waals surface area contributed by atoms with Crippen molar-refractivity contribution in [1.29, 1.82) is 0 Å². The number of rotatable bonds is 11. The zero-order valence-electron chi connectivity index (χ0n) is 27.5. The first kappa shape index (κ1) is 39.7. The predicted octanol–water partition coefficient (Wildman–Crippen LogP) is 0.754. The van der Waals surface area contributed by atoms with E-state index >= 15 is 0 Å². The van der Waals surface area contributed by atoms with E-state index in [-0.39, 0.29) is 39.8 Å². The van der Waals surface area contributed by atoms with E-state index in [9.17, 15) is 14.7 Å². The lowest BCUT2D eigenvalue weighted by molar-refractivity contribution is 0.0662. The summed E-state index contributed by atoms with van der Waals surface area (Å²) in [6.45, 7) is -0.683. The van der Waals surface area contributed by atoms with E-state index < -0.39 is 56.7 Å². The lowest BCUT2D eigenvalue weighted by Gasteiger charge is -2.20. The Labute approximate surface area is 286 Å². The number of benzene rings is 2. The van der Waals surface area contributed by atoms with Crippen LogP contribution in [0.2, 0.25) is 0 Å². The van der Waals surface area contributed by atoms with Crippen LogP contribution in [0.15, 0.2) is 68.0 Å². The number of carboxylic acid groups (broad SMARTS) is 1. The normalized spacial score (nSPS) is 12.9.